The minimum absolute atomic E-state index is 0.647. The Morgan fingerprint density at radius 1 is 1.32 bits per heavy atom. The molecule has 3 nitrogen and oxygen atoms in total. The zero-order valence-corrected chi connectivity index (χ0v) is 12.1. The van der Waals surface area contributed by atoms with Crippen molar-refractivity contribution in [3.05, 3.63) is 36.4 Å². The van der Waals surface area contributed by atoms with Crippen LogP contribution in [0.15, 0.2) is 30.9 Å². The van der Waals surface area contributed by atoms with E-state index in [9.17, 15) is 0 Å². The molecule has 0 aliphatic heterocycles. The van der Waals surface area contributed by atoms with Gasteiger partial charge >= 0.3 is 0 Å². The van der Waals surface area contributed by atoms with Crippen molar-refractivity contribution in [2.45, 2.75) is 26.2 Å². The molecule has 1 rings (SSSR count). The van der Waals surface area contributed by atoms with Crippen LogP contribution in [-0.2, 0) is 6.42 Å². The molecule has 0 radical (unpaired) electrons. The van der Waals surface area contributed by atoms with Crippen LogP contribution in [0.1, 0.15) is 25.3 Å². The van der Waals surface area contributed by atoms with Gasteiger partial charge < -0.3 is 14.8 Å². The SMILES string of the molecule is C=CCc1cccc(OC)c1OCCNCCCC. The van der Waals surface area contributed by atoms with E-state index in [0.717, 1.165) is 36.6 Å². The number of methoxy groups -OCH3 is 1. The third-order valence-electron chi connectivity index (χ3n) is 2.88. The molecule has 0 atom stereocenters. The molecule has 0 unspecified atom stereocenters. The molecule has 0 bridgehead atoms. The zero-order valence-electron chi connectivity index (χ0n) is 12.1. The second kappa shape index (κ2) is 9.45. The maximum atomic E-state index is 5.86. The Kier molecular flexibility index (Phi) is 7.75. The number of benzene rings is 1. The molecule has 0 amide bonds. The van der Waals surface area contributed by atoms with Gasteiger partial charge in [0, 0.05) is 12.1 Å². The summed E-state index contributed by atoms with van der Waals surface area (Å²) in [6.07, 6.45) is 5.08. The molecule has 0 aliphatic rings. The topological polar surface area (TPSA) is 30.5 Å². The summed E-state index contributed by atoms with van der Waals surface area (Å²) in [5.41, 5.74) is 1.11. The molecule has 0 spiro atoms. The summed E-state index contributed by atoms with van der Waals surface area (Å²) in [6.45, 7) is 8.51. The fourth-order valence-electron chi connectivity index (χ4n) is 1.85. The first-order chi connectivity index (χ1) is 9.33. The minimum Gasteiger partial charge on any atom is -0.493 e. The quantitative estimate of drug-likeness (QED) is 0.519. The summed E-state index contributed by atoms with van der Waals surface area (Å²) in [5.74, 6) is 1.62. The number of ether oxygens (including phenoxy) is 2. The second-order valence-corrected chi connectivity index (χ2v) is 4.39. The van der Waals surface area contributed by atoms with E-state index < -0.39 is 0 Å². The monoisotopic (exact) mass is 263 g/mol. The van der Waals surface area contributed by atoms with Gasteiger partial charge in [0.25, 0.3) is 0 Å². The lowest BCUT2D eigenvalue weighted by atomic mass is 10.1. The maximum Gasteiger partial charge on any atom is 0.164 e. The Hall–Kier alpha value is -1.48. The highest BCUT2D eigenvalue weighted by atomic mass is 16.5. The number of hydrogen-bond donors (Lipinski definition) is 1. The molecule has 106 valence electrons. The molecule has 3 heteroatoms. The predicted octanol–water partition coefficient (Wildman–Crippen LogP) is 3.19. The van der Waals surface area contributed by atoms with Crippen molar-refractivity contribution >= 4 is 0 Å². The fraction of sp³-hybridized carbons (Fsp3) is 0.500. The molecule has 0 aromatic heterocycles. The molecule has 0 heterocycles. The number of hydrogen-bond acceptors (Lipinski definition) is 3. The molecule has 19 heavy (non-hydrogen) atoms. The average Bonchev–Trinajstić information content (AvgIpc) is 2.44. The van der Waals surface area contributed by atoms with Crippen molar-refractivity contribution in [3.8, 4) is 11.5 Å². The van der Waals surface area contributed by atoms with Crippen molar-refractivity contribution in [2.24, 2.45) is 0 Å². The fourth-order valence-corrected chi connectivity index (χ4v) is 1.85. The summed E-state index contributed by atoms with van der Waals surface area (Å²) >= 11 is 0. The molecule has 0 aliphatic carbocycles. The number of nitrogens with one attached hydrogen (secondary N) is 1. The Morgan fingerprint density at radius 3 is 2.84 bits per heavy atom. The molecule has 0 saturated heterocycles. The summed E-state index contributed by atoms with van der Waals surface area (Å²) in [5, 5.41) is 3.36. The predicted molar refractivity (Wildman–Crippen MR) is 80.2 cm³/mol. The summed E-state index contributed by atoms with van der Waals surface area (Å²) in [4.78, 5) is 0. The van der Waals surface area contributed by atoms with Crippen LogP contribution in [0, 0.1) is 0 Å². The lowest BCUT2D eigenvalue weighted by Crippen LogP contribution is -2.22. The summed E-state index contributed by atoms with van der Waals surface area (Å²) in [7, 11) is 1.67. The maximum absolute atomic E-state index is 5.86. The first-order valence-corrected chi connectivity index (χ1v) is 6.93. The van der Waals surface area contributed by atoms with Crippen LogP contribution >= 0.6 is 0 Å². The van der Waals surface area contributed by atoms with Crippen molar-refractivity contribution in [3.63, 3.8) is 0 Å². The number of allylic oxidation sites excluding steroid dienone is 1. The molecule has 0 fully saturated rings. The summed E-state index contributed by atoms with van der Waals surface area (Å²) < 4.78 is 11.2. The van der Waals surface area contributed by atoms with E-state index in [-0.39, 0.29) is 0 Å². The number of unbranched alkanes of at least 4 members (excludes halogenated alkanes) is 1. The zero-order chi connectivity index (χ0) is 13.9. The molecule has 0 saturated carbocycles. The molecular weight excluding hydrogens is 238 g/mol. The second-order valence-electron chi connectivity index (χ2n) is 4.39. The van der Waals surface area contributed by atoms with Crippen LogP contribution < -0.4 is 14.8 Å². The highest BCUT2D eigenvalue weighted by molar-refractivity contribution is 5.47. The lowest BCUT2D eigenvalue weighted by Gasteiger charge is -2.14. The first-order valence-electron chi connectivity index (χ1n) is 6.93. The Bertz CT molecular complexity index is 377. The first kappa shape index (κ1) is 15.6. The van der Waals surface area contributed by atoms with E-state index in [4.69, 9.17) is 9.47 Å². The molecule has 1 aromatic rings. The standard InChI is InChI=1S/C16H25NO2/c1-4-6-11-17-12-13-19-16-14(8-5-2)9-7-10-15(16)18-3/h5,7,9-10,17H,2,4,6,8,11-13H2,1,3H3. The van der Waals surface area contributed by atoms with Crippen LogP contribution in [0.5, 0.6) is 11.5 Å². The van der Waals surface area contributed by atoms with Gasteiger partial charge in [0.2, 0.25) is 0 Å². The van der Waals surface area contributed by atoms with E-state index in [1.165, 1.54) is 12.8 Å². The van der Waals surface area contributed by atoms with Gasteiger partial charge in [-0.3, -0.25) is 0 Å². The highest BCUT2D eigenvalue weighted by Gasteiger charge is 2.09. The van der Waals surface area contributed by atoms with Crippen LogP contribution in [0.4, 0.5) is 0 Å². The van der Waals surface area contributed by atoms with E-state index >= 15 is 0 Å². The van der Waals surface area contributed by atoms with Gasteiger partial charge in [0.15, 0.2) is 11.5 Å². The average molecular weight is 263 g/mol. The van der Waals surface area contributed by atoms with Gasteiger partial charge in [-0.25, -0.2) is 0 Å². The largest absolute Gasteiger partial charge is 0.493 e. The van der Waals surface area contributed by atoms with E-state index in [1.54, 1.807) is 7.11 Å². The third kappa shape index (κ3) is 5.35. The molecule has 1 N–H and O–H groups in total. The smallest absolute Gasteiger partial charge is 0.164 e. The molecular formula is C16H25NO2. The van der Waals surface area contributed by atoms with Crippen molar-refractivity contribution in [1.29, 1.82) is 0 Å². The van der Waals surface area contributed by atoms with E-state index in [1.807, 2.05) is 24.3 Å². The normalized spacial score (nSPS) is 10.2. The number of para-hydroxylation sites is 1. The third-order valence-corrected chi connectivity index (χ3v) is 2.88. The van der Waals surface area contributed by atoms with Crippen LogP contribution in [-0.4, -0.2) is 26.8 Å². The van der Waals surface area contributed by atoms with Gasteiger partial charge in [-0.15, -0.1) is 6.58 Å². The van der Waals surface area contributed by atoms with Gasteiger partial charge in [0.1, 0.15) is 6.61 Å². The van der Waals surface area contributed by atoms with E-state index in [2.05, 4.69) is 18.8 Å². The minimum atomic E-state index is 0.647. The Labute approximate surface area is 116 Å². The highest BCUT2D eigenvalue weighted by Crippen LogP contribution is 2.31. The van der Waals surface area contributed by atoms with E-state index in [0.29, 0.717) is 6.61 Å². The van der Waals surface area contributed by atoms with Crippen LogP contribution in [0.3, 0.4) is 0 Å². The van der Waals surface area contributed by atoms with Gasteiger partial charge in [-0.05, 0) is 25.5 Å². The lowest BCUT2D eigenvalue weighted by molar-refractivity contribution is 0.289. The van der Waals surface area contributed by atoms with Gasteiger partial charge in [-0.2, -0.15) is 0 Å². The van der Waals surface area contributed by atoms with Crippen molar-refractivity contribution in [1.82, 2.24) is 5.32 Å². The van der Waals surface area contributed by atoms with Gasteiger partial charge in [-0.1, -0.05) is 31.6 Å². The van der Waals surface area contributed by atoms with Crippen LogP contribution in [0.25, 0.3) is 0 Å². The van der Waals surface area contributed by atoms with Crippen molar-refractivity contribution in [2.75, 3.05) is 26.8 Å². The Morgan fingerprint density at radius 2 is 2.16 bits per heavy atom. The molecule has 1 aromatic carbocycles. The van der Waals surface area contributed by atoms with Gasteiger partial charge in [0.05, 0.1) is 7.11 Å². The van der Waals surface area contributed by atoms with Crippen LogP contribution in [0.2, 0.25) is 0 Å². The number of rotatable bonds is 10. The summed E-state index contributed by atoms with van der Waals surface area (Å²) in [6, 6.07) is 5.94. The van der Waals surface area contributed by atoms with Crippen molar-refractivity contribution < 1.29 is 9.47 Å². The Balaban J connectivity index is 2.52.